The van der Waals surface area contributed by atoms with Gasteiger partial charge in [-0.05, 0) is 67.6 Å². The molecule has 5 aromatic rings. The molecular formula is C29H24F2N4O5. The van der Waals surface area contributed by atoms with Gasteiger partial charge in [0.05, 0.1) is 12.8 Å². The van der Waals surface area contributed by atoms with Crippen LogP contribution < -0.4 is 20.3 Å². The van der Waals surface area contributed by atoms with Crippen LogP contribution in [0.1, 0.15) is 17.3 Å². The average Bonchev–Trinajstić information content (AvgIpc) is 3.43. The fraction of sp³-hybridized carbons (Fsp3) is 0.138. The average molecular weight is 547 g/mol. The summed E-state index contributed by atoms with van der Waals surface area (Å²) in [6.45, 7) is 2.65. The molecule has 0 fully saturated rings. The lowest BCUT2D eigenvalue weighted by atomic mass is 10.2. The predicted octanol–water partition coefficient (Wildman–Crippen LogP) is 5.22. The Morgan fingerprint density at radius 2 is 1.77 bits per heavy atom. The van der Waals surface area contributed by atoms with Crippen LogP contribution in [0.2, 0.25) is 0 Å². The number of ether oxygens (including phenoxy) is 3. The maximum atomic E-state index is 15.0. The molecule has 5 rings (SSSR count). The van der Waals surface area contributed by atoms with E-state index in [2.05, 4.69) is 10.4 Å². The van der Waals surface area contributed by atoms with Crippen molar-refractivity contribution in [3.05, 3.63) is 113 Å². The van der Waals surface area contributed by atoms with Crippen LogP contribution in [0, 0.1) is 11.6 Å². The zero-order chi connectivity index (χ0) is 28.1. The van der Waals surface area contributed by atoms with E-state index >= 15 is 0 Å². The van der Waals surface area contributed by atoms with Gasteiger partial charge in [0, 0.05) is 36.4 Å². The molecule has 2 aromatic carbocycles. The third-order valence-corrected chi connectivity index (χ3v) is 5.88. The molecule has 0 aliphatic carbocycles. The Labute approximate surface area is 227 Å². The summed E-state index contributed by atoms with van der Waals surface area (Å²) in [6, 6.07) is 15.7. The number of anilines is 1. The van der Waals surface area contributed by atoms with Gasteiger partial charge in [-0.3, -0.25) is 14.2 Å². The van der Waals surface area contributed by atoms with E-state index in [1.54, 1.807) is 35.1 Å². The molecule has 0 atom stereocenters. The SMILES string of the molecule is CCOCCOc1ccn(-c2ccc(F)cc2)c(=O)c1C(=O)Nc1ccc(Oc2cccn3nccc23)c(F)c1. The van der Waals surface area contributed by atoms with E-state index in [4.69, 9.17) is 14.2 Å². The van der Waals surface area contributed by atoms with Crippen molar-refractivity contribution in [1.29, 1.82) is 0 Å². The van der Waals surface area contributed by atoms with Gasteiger partial charge in [0.2, 0.25) is 0 Å². The van der Waals surface area contributed by atoms with Crippen LogP contribution in [-0.2, 0) is 4.74 Å². The van der Waals surface area contributed by atoms with Crippen molar-refractivity contribution in [1.82, 2.24) is 14.2 Å². The van der Waals surface area contributed by atoms with E-state index in [0.717, 1.165) is 6.07 Å². The van der Waals surface area contributed by atoms with Crippen molar-refractivity contribution in [3.8, 4) is 22.9 Å². The van der Waals surface area contributed by atoms with Crippen LogP contribution in [-0.4, -0.2) is 39.9 Å². The highest BCUT2D eigenvalue weighted by Gasteiger charge is 2.21. The molecule has 11 heteroatoms. The molecule has 0 saturated heterocycles. The fourth-order valence-electron chi connectivity index (χ4n) is 3.99. The van der Waals surface area contributed by atoms with Crippen molar-refractivity contribution in [2.45, 2.75) is 6.92 Å². The van der Waals surface area contributed by atoms with Crippen LogP contribution in [0.15, 0.2) is 90.1 Å². The third kappa shape index (κ3) is 5.69. The molecule has 0 aliphatic heterocycles. The molecule has 204 valence electrons. The highest BCUT2D eigenvalue weighted by molar-refractivity contribution is 6.06. The Morgan fingerprint density at radius 3 is 2.55 bits per heavy atom. The van der Waals surface area contributed by atoms with Gasteiger partial charge >= 0.3 is 0 Å². The van der Waals surface area contributed by atoms with E-state index in [1.807, 2.05) is 6.92 Å². The number of nitrogens with one attached hydrogen (secondary N) is 1. The third-order valence-electron chi connectivity index (χ3n) is 5.88. The topological polar surface area (TPSA) is 96.1 Å². The van der Waals surface area contributed by atoms with E-state index in [0.29, 0.717) is 23.6 Å². The van der Waals surface area contributed by atoms with Gasteiger partial charge in [-0.1, -0.05) is 0 Å². The number of rotatable bonds is 10. The molecule has 3 heterocycles. The number of hydrogen-bond donors (Lipinski definition) is 1. The van der Waals surface area contributed by atoms with Crippen LogP contribution in [0.5, 0.6) is 17.2 Å². The summed E-state index contributed by atoms with van der Waals surface area (Å²) in [6.07, 6.45) is 4.76. The largest absolute Gasteiger partial charge is 0.490 e. The molecule has 0 aliphatic rings. The standard InChI is InChI=1S/C29H24F2N4O5/c1-2-38-16-17-39-26-12-15-34(21-8-5-19(30)6-9-21)29(37)27(26)28(36)33-20-7-10-24(22(31)18-20)40-25-4-3-14-35-23(25)11-13-32-35/h3-15,18H,2,16-17H2,1H3,(H,33,36). The molecular weight excluding hydrogens is 522 g/mol. The summed E-state index contributed by atoms with van der Waals surface area (Å²) in [4.78, 5) is 26.7. The van der Waals surface area contributed by atoms with Gasteiger partial charge in [-0.25, -0.2) is 13.3 Å². The summed E-state index contributed by atoms with van der Waals surface area (Å²) in [5.41, 5.74) is 0.0813. The van der Waals surface area contributed by atoms with Gasteiger partial charge in [0.25, 0.3) is 11.5 Å². The second kappa shape index (κ2) is 11.8. The lowest BCUT2D eigenvalue weighted by Gasteiger charge is -2.15. The first-order valence-corrected chi connectivity index (χ1v) is 12.4. The predicted molar refractivity (Wildman–Crippen MR) is 144 cm³/mol. The summed E-state index contributed by atoms with van der Waals surface area (Å²) < 4.78 is 47.9. The van der Waals surface area contributed by atoms with Crippen molar-refractivity contribution in [2.75, 3.05) is 25.1 Å². The van der Waals surface area contributed by atoms with Gasteiger partial charge in [-0.15, -0.1) is 0 Å². The number of carbonyl (C=O) groups excluding carboxylic acids is 1. The normalized spacial score (nSPS) is 11.0. The van der Waals surface area contributed by atoms with Gasteiger partial charge < -0.3 is 19.5 Å². The number of carbonyl (C=O) groups is 1. The number of fused-ring (bicyclic) bond motifs is 1. The minimum atomic E-state index is -0.815. The number of aromatic nitrogens is 3. The van der Waals surface area contributed by atoms with Gasteiger partial charge in [0.1, 0.15) is 29.3 Å². The monoisotopic (exact) mass is 546 g/mol. The Hall–Kier alpha value is -5.03. The summed E-state index contributed by atoms with van der Waals surface area (Å²) in [5, 5.41) is 6.68. The van der Waals surface area contributed by atoms with Crippen molar-refractivity contribution >= 4 is 17.1 Å². The minimum absolute atomic E-state index is 0.0230. The summed E-state index contributed by atoms with van der Waals surface area (Å²) in [7, 11) is 0. The maximum Gasteiger partial charge on any atom is 0.271 e. The number of hydrogen-bond acceptors (Lipinski definition) is 6. The lowest BCUT2D eigenvalue weighted by molar-refractivity contribution is 0.0995. The molecule has 0 saturated carbocycles. The summed E-state index contributed by atoms with van der Waals surface area (Å²) in [5.74, 6) is -1.66. The quantitative estimate of drug-likeness (QED) is 0.241. The van der Waals surface area contributed by atoms with Crippen LogP contribution >= 0.6 is 0 Å². The second-order valence-corrected chi connectivity index (χ2v) is 8.49. The lowest BCUT2D eigenvalue weighted by Crippen LogP contribution is -2.29. The number of pyridine rings is 2. The molecule has 0 unspecified atom stereocenters. The first-order chi connectivity index (χ1) is 19.4. The first kappa shape index (κ1) is 26.6. The minimum Gasteiger partial charge on any atom is -0.490 e. The smallest absolute Gasteiger partial charge is 0.271 e. The highest BCUT2D eigenvalue weighted by atomic mass is 19.1. The van der Waals surface area contributed by atoms with Crippen LogP contribution in [0.25, 0.3) is 11.2 Å². The second-order valence-electron chi connectivity index (χ2n) is 8.49. The van der Waals surface area contributed by atoms with Gasteiger partial charge in [0.15, 0.2) is 17.3 Å². The van der Waals surface area contributed by atoms with Crippen LogP contribution in [0.4, 0.5) is 14.5 Å². The Kier molecular flexibility index (Phi) is 7.83. The van der Waals surface area contributed by atoms with Crippen molar-refractivity contribution in [2.24, 2.45) is 0 Å². The fourth-order valence-corrected chi connectivity index (χ4v) is 3.99. The van der Waals surface area contributed by atoms with Crippen molar-refractivity contribution < 1.29 is 27.8 Å². The Morgan fingerprint density at radius 1 is 0.950 bits per heavy atom. The number of benzene rings is 2. The maximum absolute atomic E-state index is 15.0. The molecule has 0 spiro atoms. The van der Waals surface area contributed by atoms with E-state index < -0.39 is 23.1 Å². The zero-order valence-corrected chi connectivity index (χ0v) is 21.3. The Balaban J connectivity index is 1.41. The number of amides is 1. The molecule has 3 aromatic heterocycles. The molecule has 1 N–H and O–H groups in total. The molecule has 0 radical (unpaired) electrons. The zero-order valence-electron chi connectivity index (χ0n) is 21.3. The number of halogens is 2. The highest BCUT2D eigenvalue weighted by Crippen LogP contribution is 2.30. The van der Waals surface area contributed by atoms with Gasteiger partial charge in [-0.2, -0.15) is 5.10 Å². The molecule has 40 heavy (non-hydrogen) atoms. The van der Waals surface area contributed by atoms with E-state index in [1.165, 1.54) is 53.2 Å². The molecule has 1 amide bonds. The van der Waals surface area contributed by atoms with Crippen molar-refractivity contribution in [3.63, 3.8) is 0 Å². The van der Waals surface area contributed by atoms with E-state index in [9.17, 15) is 18.4 Å². The first-order valence-electron chi connectivity index (χ1n) is 12.4. The van der Waals surface area contributed by atoms with E-state index in [-0.39, 0.29) is 36.0 Å². The summed E-state index contributed by atoms with van der Waals surface area (Å²) >= 11 is 0. The Bertz CT molecular complexity index is 1720. The molecule has 9 nitrogen and oxygen atoms in total. The molecule has 0 bridgehead atoms. The van der Waals surface area contributed by atoms with Crippen LogP contribution in [0.3, 0.4) is 0 Å². The number of nitrogens with zero attached hydrogens (tertiary/aromatic N) is 3.